The smallest absolute Gasteiger partial charge is 0.321 e. The zero-order valence-corrected chi connectivity index (χ0v) is 13.6. The van der Waals surface area contributed by atoms with E-state index < -0.39 is 0 Å². The second-order valence-electron chi connectivity index (χ2n) is 6.52. The fourth-order valence-corrected chi connectivity index (χ4v) is 2.09. The number of aliphatic hydroxyl groups excluding tert-OH is 1. The van der Waals surface area contributed by atoms with Gasteiger partial charge in [-0.1, -0.05) is 32.9 Å². The Hall–Kier alpha value is -2.06. The summed E-state index contributed by atoms with van der Waals surface area (Å²) in [7, 11) is 0. The number of hydrogen-bond acceptors (Lipinski definition) is 3. The van der Waals surface area contributed by atoms with Gasteiger partial charge in [-0.25, -0.2) is 4.79 Å². The van der Waals surface area contributed by atoms with Crippen LogP contribution in [0.25, 0.3) is 0 Å². The van der Waals surface area contributed by atoms with Gasteiger partial charge in [0.05, 0.1) is 12.5 Å². The number of nitriles is 1. The first kappa shape index (κ1) is 18.0. The molecule has 0 aromatic heterocycles. The topological polar surface area (TPSA) is 76.4 Å². The van der Waals surface area contributed by atoms with Crippen molar-refractivity contribution < 1.29 is 9.90 Å². The Morgan fingerprint density at radius 2 is 1.95 bits per heavy atom. The maximum Gasteiger partial charge on any atom is 0.321 e. The average Bonchev–Trinajstić information content (AvgIpc) is 2.44. The molecule has 1 aromatic rings. The lowest BCUT2D eigenvalue weighted by atomic mass is 9.96. The molecule has 0 atom stereocenters. The summed E-state index contributed by atoms with van der Waals surface area (Å²) in [6.45, 7) is 7.42. The van der Waals surface area contributed by atoms with Crippen molar-refractivity contribution in [3.8, 4) is 6.07 Å². The fourth-order valence-electron chi connectivity index (χ4n) is 2.09. The van der Waals surface area contributed by atoms with Crippen LogP contribution in [0.2, 0.25) is 0 Å². The third-order valence-electron chi connectivity index (χ3n) is 3.03. The van der Waals surface area contributed by atoms with Gasteiger partial charge in [0.2, 0.25) is 0 Å². The maximum atomic E-state index is 12.4. The van der Waals surface area contributed by atoms with Crippen LogP contribution in [0.1, 0.15) is 32.8 Å². The predicted octanol–water partition coefficient (Wildman–Crippen LogP) is 3.02. The molecule has 5 nitrogen and oxygen atoms in total. The molecule has 0 bridgehead atoms. The SMILES string of the molecule is CC(C)(C)CN(CCCO)C(=O)Nc1ccc(CC#N)cc1. The Bertz CT molecular complexity index is 512. The minimum absolute atomic E-state index is 0.0105. The molecule has 22 heavy (non-hydrogen) atoms. The maximum absolute atomic E-state index is 12.4. The van der Waals surface area contributed by atoms with E-state index in [1.54, 1.807) is 17.0 Å². The first-order valence-corrected chi connectivity index (χ1v) is 7.48. The molecule has 0 heterocycles. The molecule has 0 aliphatic rings. The summed E-state index contributed by atoms with van der Waals surface area (Å²) in [6.07, 6.45) is 0.922. The summed E-state index contributed by atoms with van der Waals surface area (Å²) in [6, 6.07) is 9.19. The Kier molecular flexibility index (Phi) is 6.87. The summed E-state index contributed by atoms with van der Waals surface area (Å²) in [5, 5.41) is 20.5. The van der Waals surface area contributed by atoms with Gasteiger partial charge < -0.3 is 15.3 Å². The molecule has 120 valence electrons. The van der Waals surface area contributed by atoms with Gasteiger partial charge in [0.1, 0.15) is 0 Å². The highest BCUT2D eigenvalue weighted by atomic mass is 16.3. The third kappa shape index (κ3) is 6.59. The number of carbonyl (C=O) groups excluding carboxylic acids is 1. The van der Waals surface area contributed by atoms with Crippen molar-refractivity contribution in [1.29, 1.82) is 5.26 Å². The summed E-state index contributed by atoms with van der Waals surface area (Å²) in [5.74, 6) is 0. The van der Waals surface area contributed by atoms with Gasteiger partial charge in [0.25, 0.3) is 0 Å². The lowest BCUT2D eigenvalue weighted by Crippen LogP contribution is -2.41. The molecule has 2 N–H and O–H groups in total. The van der Waals surface area contributed by atoms with Gasteiger partial charge in [0.15, 0.2) is 0 Å². The molecule has 0 fully saturated rings. The molecule has 0 unspecified atom stereocenters. The quantitative estimate of drug-likeness (QED) is 0.848. The Labute approximate surface area is 132 Å². The van der Waals surface area contributed by atoms with Crippen LogP contribution in [0.3, 0.4) is 0 Å². The second-order valence-corrected chi connectivity index (χ2v) is 6.52. The molecular formula is C17H25N3O2. The Morgan fingerprint density at radius 1 is 1.32 bits per heavy atom. The van der Waals surface area contributed by atoms with E-state index in [4.69, 9.17) is 10.4 Å². The van der Waals surface area contributed by atoms with E-state index in [9.17, 15) is 4.79 Å². The van der Waals surface area contributed by atoms with Crippen molar-refractivity contribution in [2.75, 3.05) is 25.0 Å². The Morgan fingerprint density at radius 3 is 2.45 bits per heavy atom. The number of nitrogens with zero attached hydrogens (tertiary/aromatic N) is 2. The number of amides is 2. The van der Waals surface area contributed by atoms with Crippen molar-refractivity contribution >= 4 is 11.7 Å². The van der Waals surface area contributed by atoms with Gasteiger partial charge in [0, 0.05) is 25.4 Å². The highest BCUT2D eigenvalue weighted by molar-refractivity contribution is 5.89. The van der Waals surface area contributed by atoms with Crippen molar-refractivity contribution in [2.45, 2.75) is 33.6 Å². The lowest BCUT2D eigenvalue weighted by Gasteiger charge is -2.30. The van der Waals surface area contributed by atoms with Gasteiger partial charge in [-0.05, 0) is 29.5 Å². The van der Waals surface area contributed by atoms with E-state index in [1.165, 1.54) is 0 Å². The van der Waals surface area contributed by atoms with Crippen molar-refractivity contribution in [2.24, 2.45) is 5.41 Å². The molecule has 2 amide bonds. The normalized spacial score (nSPS) is 10.9. The molecule has 0 saturated carbocycles. The lowest BCUT2D eigenvalue weighted by molar-refractivity contribution is 0.176. The van der Waals surface area contributed by atoms with E-state index in [1.807, 2.05) is 12.1 Å². The number of anilines is 1. The molecular weight excluding hydrogens is 278 g/mol. The molecule has 0 saturated heterocycles. The van der Waals surface area contributed by atoms with E-state index in [0.29, 0.717) is 31.6 Å². The first-order chi connectivity index (χ1) is 10.4. The highest BCUT2D eigenvalue weighted by Crippen LogP contribution is 2.17. The zero-order chi connectivity index (χ0) is 16.6. The van der Waals surface area contributed by atoms with E-state index >= 15 is 0 Å². The van der Waals surface area contributed by atoms with Crippen LogP contribution in [0.4, 0.5) is 10.5 Å². The minimum atomic E-state index is -0.170. The van der Waals surface area contributed by atoms with Gasteiger partial charge in [-0.15, -0.1) is 0 Å². The van der Waals surface area contributed by atoms with Crippen LogP contribution in [0, 0.1) is 16.7 Å². The van der Waals surface area contributed by atoms with Gasteiger partial charge in [-0.2, -0.15) is 5.26 Å². The van der Waals surface area contributed by atoms with Crippen LogP contribution in [-0.4, -0.2) is 35.7 Å². The molecule has 0 spiro atoms. The molecule has 0 aliphatic heterocycles. The summed E-state index contributed by atoms with van der Waals surface area (Å²) in [5.41, 5.74) is 1.62. The molecule has 5 heteroatoms. The second kappa shape index (κ2) is 8.40. The van der Waals surface area contributed by atoms with E-state index in [2.05, 4.69) is 32.2 Å². The minimum Gasteiger partial charge on any atom is -0.396 e. The first-order valence-electron chi connectivity index (χ1n) is 7.48. The van der Waals surface area contributed by atoms with Crippen LogP contribution in [0.15, 0.2) is 24.3 Å². The third-order valence-corrected chi connectivity index (χ3v) is 3.03. The average molecular weight is 303 g/mol. The molecule has 0 radical (unpaired) electrons. The van der Waals surface area contributed by atoms with E-state index in [0.717, 1.165) is 5.56 Å². The number of hydrogen-bond donors (Lipinski definition) is 2. The number of rotatable bonds is 6. The van der Waals surface area contributed by atoms with Gasteiger partial charge >= 0.3 is 6.03 Å². The van der Waals surface area contributed by atoms with Crippen molar-refractivity contribution in [1.82, 2.24) is 4.90 Å². The monoisotopic (exact) mass is 303 g/mol. The van der Waals surface area contributed by atoms with Crippen LogP contribution in [-0.2, 0) is 6.42 Å². The molecule has 1 aromatic carbocycles. The van der Waals surface area contributed by atoms with Crippen molar-refractivity contribution in [3.63, 3.8) is 0 Å². The predicted molar refractivity (Wildman–Crippen MR) is 87.5 cm³/mol. The highest BCUT2D eigenvalue weighted by Gasteiger charge is 2.20. The standard InChI is InChI=1S/C17H25N3O2/c1-17(2,3)13-20(11-4-12-21)16(22)19-15-7-5-14(6-8-15)9-10-18/h5-8,21H,4,9,11-13H2,1-3H3,(H,19,22). The Balaban J connectivity index is 2.70. The van der Waals surface area contributed by atoms with E-state index in [-0.39, 0.29) is 18.1 Å². The molecule has 1 rings (SSSR count). The van der Waals surface area contributed by atoms with Crippen LogP contribution in [0.5, 0.6) is 0 Å². The van der Waals surface area contributed by atoms with Crippen LogP contribution >= 0.6 is 0 Å². The number of benzene rings is 1. The molecule has 0 aliphatic carbocycles. The summed E-state index contributed by atoms with van der Waals surface area (Å²) < 4.78 is 0. The zero-order valence-electron chi connectivity index (χ0n) is 13.6. The van der Waals surface area contributed by atoms with Gasteiger partial charge in [-0.3, -0.25) is 0 Å². The number of carbonyl (C=O) groups is 1. The number of aliphatic hydroxyl groups is 1. The number of nitrogens with one attached hydrogen (secondary N) is 1. The largest absolute Gasteiger partial charge is 0.396 e. The fraction of sp³-hybridized carbons (Fsp3) is 0.529. The summed E-state index contributed by atoms with van der Waals surface area (Å²) >= 11 is 0. The van der Waals surface area contributed by atoms with Crippen LogP contribution < -0.4 is 5.32 Å². The summed E-state index contributed by atoms with van der Waals surface area (Å²) in [4.78, 5) is 14.1. The number of urea groups is 1. The van der Waals surface area contributed by atoms with Crippen molar-refractivity contribution in [3.05, 3.63) is 29.8 Å².